The number of hydrogen-bond donors (Lipinski definition) is 2. The second-order valence-electron chi connectivity index (χ2n) is 6.00. The maximum atomic E-state index is 13.0. The largest absolute Gasteiger partial charge is 0.368 e. The number of nitrogens with one attached hydrogen (secondary N) is 1. The molecular weight excluding hydrogens is 419 g/mol. The molecule has 138 valence electrons. The summed E-state index contributed by atoms with van der Waals surface area (Å²) >= 11 is 3.30. The van der Waals surface area contributed by atoms with Crippen LogP contribution >= 0.6 is 15.9 Å². The van der Waals surface area contributed by atoms with Gasteiger partial charge in [-0.1, -0.05) is 0 Å². The molecule has 0 fully saturated rings. The number of aliphatic hydroxyl groups is 1. The zero-order valence-electron chi connectivity index (χ0n) is 14.1. The Bertz CT molecular complexity index is 1020. The zero-order chi connectivity index (χ0) is 19.1. The van der Waals surface area contributed by atoms with E-state index >= 15 is 0 Å². The van der Waals surface area contributed by atoms with E-state index in [1.807, 2.05) is 6.92 Å². The van der Waals surface area contributed by atoms with Crippen LogP contribution < -0.4 is 10.2 Å². The lowest BCUT2D eigenvalue weighted by molar-refractivity contribution is -0.114. The summed E-state index contributed by atoms with van der Waals surface area (Å²) in [6.07, 6.45) is 0.0201. The van der Waals surface area contributed by atoms with Crippen LogP contribution in [-0.2, 0) is 4.79 Å². The third-order valence-electron chi connectivity index (χ3n) is 4.07. The van der Waals surface area contributed by atoms with Crippen molar-refractivity contribution in [3.8, 4) is 0 Å². The number of aryl methyl sites for hydroxylation is 1. The van der Waals surface area contributed by atoms with Crippen molar-refractivity contribution in [3.05, 3.63) is 58.2 Å². The highest BCUT2D eigenvalue weighted by Crippen LogP contribution is 2.39. The Morgan fingerprint density at radius 3 is 2.93 bits per heavy atom. The smallest absolute Gasteiger partial charge is 0.245 e. The molecule has 4 heterocycles. The number of amides is 1. The fraction of sp³-hybridized carbons (Fsp3) is 0.176. The van der Waals surface area contributed by atoms with Gasteiger partial charge in [0.2, 0.25) is 5.91 Å². The number of nitrogens with zero attached hydrogens (tertiary/aromatic N) is 5. The average molecular weight is 433 g/mol. The van der Waals surface area contributed by atoms with E-state index in [-0.39, 0.29) is 18.3 Å². The van der Waals surface area contributed by atoms with Gasteiger partial charge < -0.3 is 15.3 Å². The molecule has 8 nitrogen and oxygen atoms in total. The van der Waals surface area contributed by atoms with Gasteiger partial charge in [0.1, 0.15) is 34.4 Å². The van der Waals surface area contributed by atoms with Gasteiger partial charge in [-0.25, -0.2) is 19.0 Å². The first-order chi connectivity index (χ1) is 12.9. The lowest BCUT2D eigenvalue weighted by atomic mass is 10.1. The van der Waals surface area contributed by atoms with Crippen molar-refractivity contribution < 1.29 is 14.3 Å². The van der Waals surface area contributed by atoms with Crippen LogP contribution in [0.3, 0.4) is 0 Å². The molecule has 2 N–H and O–H groups in total. The molecule has 3 aromatic heterocycles. The molecule has 0 saturated heterocycles. The Morgan fingerprint density at radius 2 is 2.19 bits per heavy atom. The summed E-state index contributed by atoms with van der Waals surface area (Å²) in [4.78, 5) is 22.5. The van der Waals surface area contributed by atoms with Gasteiger partial charge in [-0.3, -0.25) is 4.79 Å². The molecule has 0 bridgehead atoms. The molecule has 1 unspecified atom stereocenters. The molecule has 10 heteroatoms. The monoisotopic (exact) mass is 432 g/mol. The van der Waals surface area contributed by atoms with Crippen LogP contribution in [0.5, 0.6) is 0 Å². The first kappa shape index (κ1) is 17.6. The van der Waals surface area contributed by atoms with Gasteiger partial charge in [-0.2, -0.15) is 5.10 Å². The maximum Gasteiger partial charge on any atom is 0.245 e. The number of anilines is 3. The fourth-order valence-corrected chi connectivity index (χ4v) is 3.26. The predicted molar refractivity (Wildman–Crippen MR) is 99.1 cm³/mol. The minimum Gasteiger partial charge on any atom is -0.368 e. The van der Waals surface area contributed by atoms with Gasteiger partial charge >= 0.3 is 0 Å². The number of aliphatic hydroxyl groups excluding tert-OH is 1. The molecular formula is C17H14BrFN6O2. The van der Waals surface area contributed by atoms with Crippen molar-refractivity contribution in [1.82, 2.24) is 19.7 Å². The van der Waals surface area contributed by atoms with E-state index in [0.717, 1.165) is 11.9 Å². The molecule has 1 aliphatic rings. The van der Waals surface area contributed by atoms with Gasteiger partial charge in [0.25, 0.3) is 0 Å². The van der Waals surface area contributed by atoms with Crippen LogP contribution in [-0.4, -0.2) is 37.3 Å². The van der Waals surface area contributed by atoms with Gasteiger partial charge in [0.15, 0.2) is 6.23 Å². The van der Waals surface area contributed by atoms with E-state index in [0.29, 0.717) is 21.8 Å². The summed E-state index contributed by atoms with van der Waals surface area (Å²) in [6.45, 7) is 1.74. The van der Waals surface area contributed by atoms with Crippen LogP contribution in [0.25, 0.3) is 0 Å². The molecule has 1 atom stereocenters. The van der Waals surface area contributed by atoms with Crippen molar-refractivity contribution >= 4 is 39.3 Å². The third kappa shape index (κ3) is 3.28. The molecule has 0 spiro atoms. The number of aromatic nitrogens is 4. The van der Waals surface area contributed by atoms with Crippen molar-refractivity contribution in [2.45, 2.75) is 13.2 Å². The van der Waals surface area contributed by atoms with E-state index in [4.69, 9.17) is 0 Å². The molecule has 4 rings (SSSR count). The summed E-state index contributed by atoms with van der Waals surface area (Å²) in [7, 11) is 0. The summed E-state index contributed by atoms with van der Waals surface area (Å²) in [5.74, 6) is 0.376. The van der Waals surface area contributed by atoms with Crippen LogP contribution in [0, 0.1) is 12.7 Å². The van der Waals surface area contributed by atoms with E-state index in [9.17, 15) is 14.3 Å². The topological polar surface area (TPSA) is 96.2 Å². The summed E-state index contributed by atoms with van der Waals surface area (Å²) in [5.41, 5.74) is 1.29. The fourth-order valence-electron chi connectivity index (χ4n) is 2.88. The van der Waals surface area contributed by atoms with Gasteiger partial charge in [0, 0.05) is 17.3 Å². The highest BCUT2D eigenvalue weighted by molar-refractivity contribution is 9.10. The third-order valence-corrected chi connectivity index (χ3v) is 4.46. The Kier molecular flexibility index (Phi) is 4.36. The first-order valence-electron chi connectivity index (χ1n) is 8.02. The Labute approximate surface area is 161 Å². The number of carbonyl (C=O) groups is 1. The Hall–Kier alpha value is -2.85. The number of hydrogen-bond acceptors (Lipinski definition) is 6. The SMILES string of the molecule is Cc1ccc2c(n1)N(CC(=O)Nc1ccc(F)cn1)c1cc(Br)nn1C2O. The standard InChI is InChI=1S/C17H14BrFN6O2/c1-9-2-4-11-16(21-9)24(15-6-12(18)23-25(15)17(11)27)8-14(26)22-13-5-3-10(19)7-20-13/h2-7,17,27H,8H2,1H3,(H,20,22,26). The van der Waals surface area contributed by atoms with Crippen LogP contribution in [0.1, 0.15) is 17.5 Å². The van der Waals surface area contributed by atoms with Crippen molar-refractivity contribution in [3.63, 3.8) is 0 Å². The first-order valence-corrected chi connectivity index (χ1v) is 8.81. The molecule has 27 heavy (non-hydrogen) atoms. The minimum absolute atomic E-state index is 0.0899. The Morgan fingerprint density at radius 1 is 1.37 bits per heavy atom. The second kappa shape index (κ2) is 6.71. The van der Waals surface area contributed by atoms with E-state index in [2.05, 4.69) is 36.3 Å². The molecule has 0 aromatic carbocycles. The van der Waals surface area contributed by atoms with E-state index < -0.39 is 12.0 Å². The van der Waals surface area contributed by atoms with Crippen molar-refractivity contribution in [1.29, 1.82) is 0 Å². The predicted octanol–water partition coefficient (Wildman–Crippen LogP) is 2.51. The quantitative estimate of drug-likeness (QED) is 0.659. The molecule has 1 aliphatic heterocycles. The molecule has 0 radical (unpaired) electrons. The Balaban J connectivity index is 1.67. The average Bonchev–Trinajstić information content (AvgIpc) is 3.02. The molecule has 3 aromatic rings. The summed E-state index contributed by atoms with van der Waals surface area (Å²) < 4.78 is 14.9. The summed E-state index contributed by atoms with van der Waals surface area (Å²) in [6, 6.07) is 7.83. The highest BCUT2D eigenvalue weighted by atomic mass is 79.9. The summed E-state index contributed by atoms with van der Waals surface area (Å²) in [5, 5.41) is 17.5. The molecule has 0 saturated carbocycles. The number of rotatable bonds is 3. The normalized spacial score (nSPS) is 15.3. The number of fused-ring (bicyclic) bond motifs is 2. The van der Waals surface area contributed by atoms with Gasteiger partial charge in [-0.15, -0.1) is 0 Å². The van der Waals surface area contributed by atoms with Crippen LogP contribution in [0.4, 0.5) is 21.8 Å². The van der Waals surface area contributed by atoms with Crippen molar-refractivity contribution in [2.24, 2.45) is 0 Å². The molecule has 0 aliphatic carbocycles. The zero-order valence-corrected chi connectivity index (χ0v) is 15.7. The molecule has 1 amide bonds. The van der Waals surface area contributed by atoms with Gasteiger partial charge in [-0.05, 0) is 47.1 Å². The second-order valence-corrected chi connectivity index (χ2v) is 6.82. The van der Waals surface area contributed by atoms with E-state index in [1.54, 1.807) is 23.1 Å². The number of pyridine rings is 2. The van der Waals surface area contributed by atoms with E-state index in [1.165, 1.54) is 16.8 Å². The van der Waals surface area contributed by atoms with Crippen molar-refractivity contribution in [2.75, 3.05) is 16.8 Å². The number of halogens is 2. The van der Waals surface area contributed by atoms with Crippen LogP contribution in [0.2, 0.25) is 0 Å². The van der Waals surface area contributed by atoms with Gasteiger partial charge in [0.05, 0.1) is 6.20 Å². The lowest BCUT2D eigenvalue weighted by Crippen LogP contribution is -2.36. The lowest BCUT2D eigenvalue weighted by Gasteiger charge is -2.32. The number of carbonyl (C=O) groups excluding carboxylic acids is 1. The highest BCUT2D eigenvalue weighted by Gasteiger charge is 2.33. The maximum absolute atomic E-state index is 13.0. The minimum atomic E-state index is -1.01. The van der Waals surface area contributed by atoms with Crippen LogP contribution in [0.15, 0.2) is 41.1 Å².